The second-order valence-electron chi connectivity index (χ2n) is 5.94. The molecule has 0 unspecified atom stereocenters. The van der Waals surface area contributed by atoms with E-state index in [0.717, 1.165) is 17.1 Å². The van der Waals surface area contributed by atoms with Crippen molar-refractivity contribution in [2.45, 2.75) is 0 Å². The Bertz CT molecular complexity index is 928. The van der Waals surface area contributed by atoms with Crippen molar-refractivity contribution in [1.82, 2.24) is 0 Å². The average Bonchev–Trinajstić information content (AvgIpc) is 2.76. The second kappa shape index (κ2) is 9.91. The maximum atomic E-state index is 9.06. The van der Waals surface area contributed by atoms with Gasteiger partial charge in [-0.25, -0.2) is 0 Å². The number of allylic oxidation sites excluding steroid dienone is 2. The first-order valence-electron chi connectivity index (χ1n) is 8.62. The SMILES string of the molecule is [CH-]=C(/C=C(\[CH]=[Os])[P+](c1ccccc1)(c1ccccc1)c1ccccc1)SC#N. The van der Waals surface area contributed by atoms with Crippen LogP contribution in [0.5, 0.6) is 0 Å². The van der Waals surface area contributed by atoms with Crippen molar-refractivity contribution in [1.29, 1.82) is 5.26 Å². The van der Waals surface area contributed by atoms with E-state index in [1.54, 1.807) is 0 Å². The third-order valence-electron chi connectivity index (χ3n) is 4.38. The Balaban J connectivity index is 2.42. The Morgan fingerprint density at radius 2 is 1.21 bits per heavy atom. The van der Waals surface area contributed by atoms with E-state index in [4.69, 9.17) is 11.8 Å². The molecule has 1 nitrogen and oxygen atoms in total. The van der Waals surface area contributed by atoms with E-state index in [0.29, 0.717) is 4.91 Å². The van der Waals surface area contributed by atoms with Gasteiger partial charge in [-0.2, -0.15) is 0 Å². The number of rotatable bonds is 7. The summed E-state index contributed by atoms with van der Waals surface area (Å²) in [5.41, 5.74) is 0. The van der Waals surface area contributed by atoms with E-state index in [2.05, 4.69) is 82.8 Å². The summed E-state index contributed by atoms with van der Waals surface area (Å²) < 4.78 is 2.16. The van der Waals surface area contributed by atoms with Gasteiger partial charge >= 0.3 is 182 Å². The van der Waals surface area contributed by atoms with Gasteiger partial charge in [0, 0.05) is 0 Å². The molecule has 0 amide bonds. The van der Waals surface area contributed by atoms with Gasteiger partial charge in [-0.3, -0.25) is 0 Å². The van der Waals surface area contributed by atoms with Gasteiger partial charge in [0.15, 0.2) is 0 Å². The fraction of sp³-hybridized carbons (Fsp3) is 0. The first-order chi connectivity index (χ1) is 13.7. The minimum absolute atomic E-state index is 0.507. The Morgan fingerprint density at radius 3 is 1.54 bits per heavy atom. The zero-order valence-electron chi connectivity index (χ0n) is 15.0. The summed E-state index contributed by atoms with van der Waals surface area (Å²) >= 11 is 2.81. The van der Waals surface area contributed by atoms with E-state index < -0.39 is 7.26 Å². The van der Waals surface area contributed by atoms with Gasteiger partial charge in [0.1, 0.15) is 0 Å². The van der Waals surface area contributed by atoms with Crippen molar-refractivity contribution >= 4 is 39.5 Å². The molecule has 0 saturated heterocycles. The molecule has 0 aliphatic heterocycles. The summed E-state index contributed by atoms with van der Waals surface area (Å²) in [5, 5.41) is 16.1. The van der Waals surface area contributed by atoms with Gasteiger partial charge in [0.2, 0.25) is 0 Å². The monoisotopic (exact) mass is 575 g/mol. The van der Waals surface area contributed by atoms with E-state index in [-0.39, 0.29) is 0 Å². The van der Waals surface area contributed by atoms with Gasteiger partial charge in [-0.15, -0.1) is 0 Å². The molecule has 0 bridgehead atoms. The topological polar surface area (TPSA) is 23.8 Å². The molecule has 0 saturated carbocycles. The Kier molecular flexibility index (Phi) is 7.31. The number of thioether (sulfide) groups is 1. The number of thiocyanates is 1. The second-order valence-corrected chi connectivity index (χ2v) is 10.9. The standard InChI is InChI=1S/C24H18NPS.Os/c1-20(18-21(2)27-19-25)26(22-12-6-3-7-13-22,23-14-8-4-9-15-23)24-16-10-5-11-17-24;/h1-18H;/b20-18+;. The fourth-order valence-corrected chi connectivity index (χ4v) is 9.45. The summed E-state index contributed by atoms with van der Waals surface area (Å²) in [4.78, 5) is 0.507. The molecule has 0 aromatic heterocycles. The average molecular weight is 574 g/mol. The molecule has 4 heteroatoms. The van der Waals surface area contributed by atoms with E-state index in [9.17, 15) is 0 Å². The van der Waals surface area contributed by atoms with Gasteiger partial charge in [0.05, 0.1) is 0 Å². The molecule has 0 aliphatic carbocycles. The van der Waals surface area contributed by atoms with Crippen LogP contribution in [-0.4, -0.2) is 4.57 Å². The van der Waals surface area contributed by atoms with Crippen LogP contribution in [0.1, 0.15) is 0 Å². The number of hydrogen-bond donors (Lipinski definition) is 0. The van der Waals surface area contributed by atoms with E-state index >= 15 is 0 Å². The number of benzene rings is 3. The van der Waals surface area contributed by atoms with Crippen LogP contribution in [0.3, 0.4) is 0 Å². The molecule has 28 heavy (non-hydrogen) atoms. The van der Waals surface area contributed by atoms with Crippen LogP contribution in [0.25, 0.3) is 0 Å². The summed E-state index contributed by atoms with van der Waals surface area (Å²) in [6.45, 7) is 6.17. The predicted octanol–water partition coefficient (Wildman–Crippen LogP) is 4.74. The van der Waals surface area contributed by atoms with Crippen LogP contribution in [0.2, 0.25) is 0 Å². The summed E-state index contributed by atoms with van der Waals surface area (Å²) in [6, 6.07) is 31.8. The van der Waals surface area contributed by atoms with Crippen LogP contribution < -0.4 is 15.9 Å². The first-order valence-corrected chi connectivity index (χ1v) is 12.7. The van der Waals surface area contributed by atoms with Crippen molar-refractivity contribution in [3.05, 3.63) is 114 Å². The summed E-state index contributed by atoms with van der Waals surface area (Å²) in [5.74, 6) is 0. The summed E-state index contributed by atoms with van der Waals surface area (Å²) in [7, 11) is -2.15. The molecule has 3 aromatic carbocycles. The molecule has 0 aliphatic rings. The quantitative estimate of drug-likeness (QED) is 0.177. The van der Waals surface area contributed by atoms with Crippen molar-refractivity contribution < 1.29 is 18.1 Å². The minimum atomic E-state index is -2.15. The Hall–Kier alpha value is -2.08. The van der Waals surface area contributed by atoms with Crippen LogP contribution >= 0.6 is 19.0 Å². The van der Waals surface area contributed by atoms with Crippen LogP contribution in [0.15, 0.2) is 107 Å². The van der Waals surface area contributed by atoms with Crippen molar-refractivity contribution in [2.75, 3.05) is 0 Å². The third kappa shape index (κ3) is 4.16. The fourth-order valence-electron chi connectivity index (χ4n) is 3.27. The van der Waals surface area contributed by atoms with E-state index in [1.807, 2.05) is 42.4 Å². The van der Waals surface area contributed by atoms with Crippen molar-refractivity contribution in [3.63, 3.8) is 0 Å². The molecule has 3 rings (SSSR count). The molecule has 0 heterocycles. The molecule has 3 aromatic rings. The maximum absolute atomic E-state index is 9.06. The zero-order valence-corrected chi connectivity index (χ0v) is 19.3. The van der Waals surface area contributed by atoms with Crippen molar-refractivity contribution in [3.8, 4) is 5.40 Å². The van der Waals surface area contributed by atoms with Crippen LogP contribution in [-0.2, 0) is 18.1 Å². The third-order valence-corrected chi connectivity index (χ3v) is 10.4. The Labute approximate surface area is 181 Å². The molecule has 0 fully saturated rings. The molecule has 0 radical (unpaired) electrons. The molecule has 138 valence electrons. The predicted molar refractivity (Wildman–Crippen MR) is 120 cm³/mol. The number of hydrogen-bond acceptors (Lipinski definition) is 2. The molecule has 0 atom stereocenters. The van der Waals surface area contributed by atoms with Gasteiger partial charge in [0.25, 0.3) is 0 Å². The Morgan fingerprint density at radius 1 is 0.821 bits per heavy atom. The van der Waals surface area contributed by atoms with Crippen LogP contribution in [0, 0.1) is 17.2 Å². The van der Waals surface area contributed by atoms with Gasteiger partial charge in [-0.1, -0.05) is 0 Å². The first kappa shape index (κ1) is 20.6. The van der Waals surface area contributed by atoms with E-state index in [1.165, 1.54) is 15.9 Å². The summed E-state index contributed by atoms with van der Waals surface area (Å²) in [6.07, 6.45) is 1.97. The zero-order chi connectivity index (χ0) is 19.8. The van der Waals surface area contributed by atoms with Gasteiger partial charge < -0.3 is 0 Å². The van der Waals surface area contributed by atoms with Crippen LogP contribution in [0.4, 0.5) is 0 Å². The normalized spacial score (nSPS) is 11.5. The molecular formula is C24H18NOsPS. The molecule has 0 N–H and O–H groups in total. The van der Waals surface area contributed by atoms with Crippen molar-refractivity contribution in [2.24, 2.45) is 0 Å². The van der Waals surface area contributed by atoms with Gasteiger partial charge in [-0.05, 0) is 0 Å². The number of nitriles is 1. The molecule has 0 spiro atoms. The molecular weight excluding hydrogens is 556 g/mol. The number of nitrogens with zero attached hydrogens (tertiary/aromatic N) is 1.